The van der Waals surface area contributed by atoms with E-state index in [1.165, 1.54) is 32.1 Å². The van der Waals surface area contributed by atoms with Crippen LogP contribution in [0, 0.1) is 11.8 Å². The van der Waals surface area contributed by atoms with Crippen molar-refractivity contribution in [1.29, 1.82) is 0 Å². The Labute approximate surface area is 99.7 Å². The van der Waals surface area contributed by atoms with Gasteiger partial charge in [0.1, 0.15) is 0 Å². The molecule has 0 radical (unpaired) electrons. The largest absolute Gasteiger partial charge is 0.329 e. The van der Waals surface area contributed by atoms with Crippen LogP contribution in [0.2, 0.25) is 0 Å². The van der Waals surface area contributed by atoms with Gasteiger partial charge in [-0.1, -0.05) is 32.4 Å². The first-order chi connectivity index (χ1) is 7.66. The van der Waals surface area contributed by atoms with Crippen molar-refractivity contribution in [2.45, 2.75) is 57.5 Å². The first-order valence-electron chi connectivity index (χ1n) is 6.79. The van der Waals surface area contributed by atoms with Gasteiger partial charge in [0.25, 0.3) is 0 Å². The van der Waals surface area contributed by atoms with Crippen LogP contribution in [0.1, 0.15) is 46.0 Å². The zero-order valence-corrected chi connectivity index (χ0v) is 10.7. The molecular weight excluding hydrogens is 196 g/mol. The van der Waals surface area contributed by atoms with Crippen molar-refractivity contribution >= 4 is 0 Å². The molecule has 2 aliphatic rings. The maximum Gasteiger partial charge on any atom is 0.0334 e. The van der Waals surface area contributed by atoms with Crippen LogP contribution < -0.4 is 11.1 Å². The SMILES string of the molecule is CC1CCC(C)C(CN)(NC2CC=CC2)C1. The van der Waals surface area contributed by atoms with Crippen LogP contribution in [0.3, 0.4) is 0 Å². The fourth-order valence-electron chi connectivity index (χ4n) is 3.42. The molecule has 16 heavy (non-hydrogen) atoms. The van der Waals surface area contributed by atoms with Gasteiger partial charge in [0.15, 0.2) is 0 Å². The van der Waals surface area contributed by atoms with E-state index in [0.29, 0.717) is 12.0 Å². The number of nitrogens with two attached hydrogens (primary N) is 1. The summed E-state index contributed by atoms with van der Waals surface area (Å²) in [5, 5.41) is 3.87. The summed E-state index contributed by atoms with van der Waals surface area (Å²) in [4.78, 5) is 0. The standard InChI is InChI=1S/C14H26N2/c1-11-7-8-12(2)14(9-11,10-15)16-13-5-3-4-6-13/h3-4,11-13,16H,5-10,15H2,1-2H3. The van der Waals surface area contributed by atoms with E-state index in [2.05, 4.69) is 31.3 Å². The van der Waals surface area contributed by atoms with Gasteiger partial charge in [-0.3, -0.25) is 0 Å². The topological polar surface area (TPSA) is 38.0 Å². The summed E-state index contributed by atoms with van der Waals surface area (Å²) in [6, 6.07) is 0.635. The number of nitrogens with one attached hydrogen (secondary N) is 1. The summed E-state index contributed by atoms with van der Waals surface area (Å²) >= 11 is 0. The lowest BCUT2D eigenvalue weighted by molar-refractivity contribution is 0.113. The van der Waals surface area contributed by atoms with Crippen molar-refractivity contribution < 1.29 is 0 Å². The lowest BCUT2D eigenvalue weighted by atomic mass is 9.69. The quantitative estimate of drug-likeness (QED) is 0.720. The van der Waals surface area contributed by atoms with Crippen molar-refractivity contribution in [1.82, 2.24) is 5.32 Å². The second-order valence-corrected chi connectivity index (χ2v) is 5.93. The molecule has 0 heterocycles. The predicted octanol–water partition coefficient (Wildman–Crippen LogP) is 2.45. The molecule has 0 aromatic rings. The molecule has 0 aromatic heterocycles. The molecule has 0 amide bonds. The predicted molar refractivity (Wildman–Crippen MR) is 69.3 cm³/mol. The molecule has 0 aromatic carbocycles. The van der Waals surface area contributed by atoms with Crippen molar-refractivity contribution in [3.8, 4) is 0 Å². The fraction of sp³-hybridized carbons (Fsp3) is 0.857. The summed E-state index contributed by atoms with van der Waals surface area (Å²) in [7, 11) is 0. The van der Waals surface area contributed by atoms with Crippen molar-refractivity contribution in [3.63, 3.8) is 0 Å². The second-order valence-electron chi connectivity index (χ2n) is 5.93. The van der Waals surface area contributed by atoms with E-state index in [0.717, 1.165) is 12.5 Å². The van der Waals surface area contributed by atoms with Gasteiger partial charge in [-0.05, 0) is 37.5 Å². The summed E-state index contributed by atoms with van der Waals surface area (Å²) in [5.41, 5.74) is 6.29. The molecule has 1 fully saturated rings. The van der Waals surface area contributed by atoms with E-state index in [1.807, 2.05) is 0 Å². The number of rotatable bonds is 3. The van der Waals surface area contributed by atoms with E-state index in [1.54, 1.807) is 0 Å². The van der Waals surface area contributed by atoms with Crippen molar-refractivity contribution in [2.75, 3.05) is 6.54 Å². The van der Waals surface area contributed by atoms with E-state index >= 15 is 0 Å². The highest BCUT2D eigenvalue weighted by atomic mass is 15.0. The summed E-state index contributed by atoms with van der Waals surface area (Å²) in [6.07, 6.45) is 10.9. The monoisotopic (exact) mass is 222 g/mol. The van der Waals surface area contributed by atoms with Crippen LogP contribution in [0.4, 0.5) is 0 Å². The van der Waals surface area contributed by atoms with Crippen LogP contribution in [-0.2, 0) is 0 Å². The van der Waals surface area contributed by atoms with Gasteiger partial charge in [0.2, 0.25) is 0 Å². The van der Waals surface area contributed by atoms with Crippen LogP contribution in [0.15, 0.2) is 12.2 Å². The molecule has 2 nitrogen and oxygen atoms in total. The zero-order chi connectivity index (χ0) is 11.6. The van der Waals surface area contributed by atoms with Gasteiger partial charge in [-0.15, -0.1) is 0 Å². The van der Waals surface area contributed by atoms with Gasteiger partial charge in [-0.25, -0.2) is 0 Å². The molecule has 3 N–H and O–H groups in total. The molecule has 0 bridgehead atoms. The van der Waals surface area contributed by atoms with Crippen molar-refractivity contribution in [3.05, 3.63) is 12.2 Å². The van der Waals surface area contributed by atoms with Gasteiger partial charge < -0.3 is 11.1 Å². The number of hydrogen-bond donors (Lipinski definition) is 2. The highest BCUT2D eigenvalue weighted by Gasteiger charge is 2.40. The summed E-state index contributed by atoms with van der Waals surface area (Å²) < 4.78 is 0. The average molecular weight is 222 g/mol. The minimum absolute atomic E-state index is 0.203. The van der Waals surface area contributed by atoms with E-state index in [4.69, 9.17) is 5.73 Å². The highest BCUT2D eigenvalue weighted by Crippen LogP contribution is 2.37. The zero-order valence-electron chi connectivity index (χ0n) is 10.7. The minimum atomic E-state index is 0.203. The summed E-state index contributed by atoms with van der Waals surface area (Å²) in [5.74, 6) is 1.54. The molecular formula is C14H26N2. The van der Waals surface area contributed by atoms with E-state index in [9.17, 15) is 0 Å². The Morgan fingerprint density at radius 2 is 1.94 bits per heavy atom. The third-order valence-corrected chi connectivity index (χ3v) is 4.61. The Balaban J connectivity index is 2.03. The summed E-state index contributed by atoms with van der Waals surface area (Å²) in [6.45, 7) is 5.52. The molecule has 1 saturated carbocycles. The first kappa shape index (κ1) is 12.1. The van der Waals surface area contributed by atoms with Crippen molar-refractivity contribution in [2.24, 2.45) is 17.6 Å². The molecule has 3 atom stereocenters. The van der Waals surface area contributed by atoms with E-state index < -0.39 is 0 Å². The first-order valence-corrected chi connectivity index (χ1v) is 6.79. The molecule has 2 aliphatic carbocycles. The van der Waals surface area contributed by atoms with Crippen LogP contribution >= 0.6 is 0 Å². The van der Waals surface area contributed by atoms with Crippen LogP contribution in [0.5, 0.6) is 0 Å². The normalized spacial score (nSPS) is 40.4. The van der Waals surface area contributed by atoms with E-state index in [-0.39, 0.29) is 5.54 Å². The van der Waals surface area contributed by atoms with Crippen LogP contribution in [-0.4, -0.2) is 18.1 Å². The highest BCUT2D eigenvalue weighted by molar-refractivity contribution is 5.05. The average Bonchev–Trinajstić information content (AvgIpc) is 2.76. The minimum Gasteiger partial charge on any atom is -0.329 e. The Morgan fingerprint density at radius 1 is 1.25 bits per heavy atom. The maximum absolute atomic E-state index is 6.09. The molecule has 0 aliphatic heterocycles. The molecule has 3 unspecified atom stereocenters. The third kappa shape index (κ3) is 2.33. The van der Waals surface area contributed by atoms with Gasteiger partial charge >= 0.3 is 0 Å². The molecule has 0 saturated heterocycles. The molecule has 0 spiro atoms. The lowest BCUT2D eigenvalue weighted by Crippen LogP contribution is -2.61. The maximum atomic E-state index is 6.09. The Kier molecular flexibility index (Phi) is 3.70. The van der Waals surface area contributed by atoms with Crippen LogP contribution in [0.25, 0.3) is 0 Å². The second kappa shape index (κ2) is 4.89. The molecule has 2 rings (SSSR count). The smallest absolute Gasteiger partial charge is 0.0334 e. The molecule has 2 heteroatoms. The fourth-order valence-corrected chi connectivity index (χ4v) is 3.42. The third-order valence-electron chi connectivity index (χ3n) is 4.61. The van der Waals surface area contributed by atoms with Gasteiger partial charge in [-0.2, -0.15) is 0 Å². The molecule has 92 valence electrons. The Bertz CT molecular complexity index is 253. The number of hydrogen-bond acceptors (Lipinski definition) is 2. The van der Waals surface area contributed by atoms with Gasteiger partial charge in [0, 0.05) is 18.1 Å². The Hall–Kier alpha value is -0.340. The lowest BCUT2D eigenvalue weighted by Gasteiger charge is -2.47. The van der Waals surface area contributed by atoms with Gasteiger partial charge in [0.05, 0.1) is 0 Å². The Morgan fingerprint density at radius 3 is 2.56 bits per heavy atom.